The topological polar surface area (TPSA) is 134 Å². The highest BCUT2D eigenvalue weighted by Crippen LogP contribution is 2.45. The van der Waals surface area contributed by atoms with Gasteiger partial charge < -0.3 is 10.6 Å². The molecule has 3 rings (SSSR count). The first-order chi connectivity index (χ1) is 14.2. The van der Waals surface area contributed by atoms with Crippen LogP contribution in [0.4, 0.5) is 21.5 Å². The third-order valence-electron chi connectivity index (χ3n) is 5.04. The van der Waals surface area contributed by atoms with Crippen LogP contribution < -0.4 is 21.3 Å². The van der Waals surface area contributed by atoms with E-state index in [2.05, 4.69) is 62.0 Å². The molecule has 1 saturated carbocycles. The number of carbonyl (C=O) groups is 2. The molecule has 0 spiro atoms. The first-order valence-electron chi connectivity index (χ1n) is 9.90. The van der Waals surface area contributed by atoms with Crippen LogP contribution in [-0.4, -0.2) is 44.6 Å². The van der Waals surface area contributed by atoms with Crippen LogP contribution >= 0.6 is 0 Å². The maximum absolute atomic E-state index is 12.4. The second-order valence-corrected chi connectivity index (χ2v) is 8.81. The molecule has 10 heteroatoms. The van der Waals surface area contributed by atoms with Gasteiger partial charge in [-0.25, -0.2) is 29.5 Å². The Balaban J connectivity index is 1.56. The van der Waals surface area contributed by atoms with E-state index in [-0.39, 0.29) is 40.8 Å². The number of hydrogen-bond acceptors (Lipinski definition) is 6. The van der Waals surface area contributed by atoms with Crippen LogP contribution in [0.5, 0.6) is 0 Å². The molecule has 2 atom stereocenters. The van der Waals surface area contributed by atoms with Crippen molar-refractivity contribution in [3.8, 4) is 0 Å². The number of hydrogen-bond donors (Lipinski definition) is 4. The molecule has 0 aromatic carbocycles. The second-order valence-electron chi connectivity index (χ2n) is 8.81. The van der Waals surface area contributed by atoms with Crippen molar-refractivity contribution in [1.82, 2.24) is 30.6 Å². The van der Waals surface area contributed by atoms with Crippen LogP contribution in [0, 0.1) is 10.8 Å². The number of amides is 4. The van der Waals surface area contributed by atoms with Gasteiger partial charge in [0.05, 0.1) is 0 Å². The molecule has 1 fully saturated rings. The third-order valence-corrected chi connectivity index (χ3v) is 5.04. The molecule has 0 radical (unpaired) electrons. The van der Waals surface area contributed by atoms with E-state index in [1.165, 1.54) is 0 Å². The fourth-order valence-electron chi connectivity index (χ4n) is 4.36. The molecule has 2 aromatic rings. The molecule has 4 N–H and O–H groups in total. The molecular weight excluding hydrogens is 384 g/mol. The summed E-state index contributed by atoms with van der Waals surface area (Å²) in [7, 11) is 0. The van der Waals surface area contributed by atoms with Crippen LogP contribution in [0.3, 0.4) is 0 Å². The van der Waals surface area contributed by atoms with Gasteiger partial charge in [-0.1, -0.05) is 20.8 Å². The number of anilines is 2. The minimum absolute atomic E-state index is 0.00882. The maximum Gasteiger partial charge on any atom is 0.321 e. The number of nitrogens with zero attached hydrogens (tertiary/aromatic N) is 4. The minimum atomic E-state index is -0.353. The standard InChI is InChI=1S/C20H28N8O2/c1-19(2)10-14(26-18(30)28-16-23-8-5-9-24-16)11-20(3,12-19)13-25-17(29)27-15-21-6-4-7-22-15/h4-9,14H,10-13H2,1-3H3,(H2,21,22,25,27,29)(H2,23,24,26,28,30)/t14-,20-/m0/s1. The second kappa shape index (κ2) is 9.02. The number of carbonyl (C=O) groups excluding carboxylic acids is 2. The molecule has 4 amide bonds. The molecule has 0 aliphatic heterocycles. The third kappa shape index (κ3) is 6.36. The predicted molar refractivity (Wildman–Crippen MR) is 113 cm³/mol. The van der Waals surface area contributed by atoms with Crippen LogP contribution in [0.15, 0.2) is 36.9 Å². The molecule has 0 saturated heterocycles. The van der Waals surface area contributed by atoms with E-state index < -0.39 is 0 Å². The normalized spacial score (nSPS) is 22.6. The number of urea groups is 2. The van der Waals surface area contributed by atoms with Gasteiger partial charge >= 0.3 is 12.1 Å². The largest absolute Gasteiger partial charge is 0.337 e. The lowest BCUT2D eigenvalue weighted by molar-refractivity contribution is 0.0761. The van der Waals surface area contributed by atoms with Crippen LogP contribution in [-0.2, 0) is 0 Å². The van der Waals surface area contributed by atoms with E-state index in [9.17, 15) is 9.59 Å². The average Bonchev–Trinajstić information content (AvgIpc) is 2.66. The Morgan fingerprint density at radius 1 is 0.900 bits per heavy atom. The fourth-order valence-corrected chi connectivity index (χ4v) is 4.36. The molecule has 0 unspecified atom stereocenters. The number of rotatable bonds is 5. The Kier molecular flexibility index (Phi) is 6.43. The fraction of sp³-hybridized carbons (Fsp3) is 0.500. The quantitative estimate of drug-likeness (QED) is 0.597. The van der Waals surface area contributed by atoms with Gasteiger partial charge in [0, 0.05) is 37.4 Å². The Labute approximate surface area is 175 Å². The number of aromatic nitrogens is 4. The summed E-state index contributed by atoms with van der Waals surface area (Å²) in [6.45, 7) is 6.95. The Hall–Kier alpha value is -3.30. The zero-order valence-corrected chi connectivity index (χ0v) is 17.5. The van der Waals surface area contributed by atoms with Crippen molar-refractivity contribution in [3.63, 3.8) is 0 Å². The number of nitrogens with one attached hydrogen (secondary N) is 4. The molecule has 1 aliphatic carbocycles. The average molecular weight is 412 g/mol. The van der Waals surface area contributed by atoms with Gasteiger partial charge in [0.2, 0.25) is 11.9 Å². The summed E-state index contributed by atoms with van der Waals surface area (Å²) in [6.07, 6.45) is 8.77. The highest BCUT2D eigenvalue weighted by molar-refractivity contribution is 5.88. The van der Waals surface area contributed by atoms with Crippen molar-refractivity contribution in [2.75, 3.05) is 17.2 Å². The van der Waals surface area contributed by atoms with E-state index >= 15 is 0 Å². The summed E-state index contributed by atoms with van der Waals surface area (Å²) >= 11 is 0. The van der Waals surface area contributed by atoms with Crippen LogP contribution in [0.25, 0.3) is 0 Å². The lowest BCUT2D eigenvalue weighted by Gasteiger charge is -2.46. The van der Waals surface area contributed by atoms with E-state index in [1.807, 2.05) is 0 Å². The van der Waals surface area contributed by atoms with Gasteiger partial charge in [-0.15, -0.1) is 0 Å². The lowest BCUT2D eigenvalue weighted by Crippen LogP contribution is -2.51. The smallest absolute Gasteiger partial charge is 0.321 e. The monoisotopic (exact) mass is 412 g/mol. The van der Waals surface area contributed by atoms with Crippen molar-refractivity contribution in [2.24, 2.45) is 10.8 Å². The zero-order valence-electron chi connectivity index (χ0n) is 17.5. The molecule has 30 heavy (non-hydrogen) atoms. The van der Waals surface area contributed by atoms with Gasteiger partial charge in [0.25, 0.3) is 0 Å². The van der Waals surface area contributed by atoms with E-state index in [4.69, 9.17) is 0 Å². The summed E-state index contributed by atoms with van der Waals surface area (Å²) in [5.74, 6) is 0.512. The molecular formula is C20H28N8O2. The molecule has 1 aliphatic rings. The molecule has 160 valence electrons. The van der Waals surface area contributed by atoms with Crippen LogP contribution in [0.1, 0.15) is 40.0 Å². The van der Waals surface area contributed by atoms with Crippen LogP contribution in [0.2, 0.25) is 0 Å². The zero-order chi connectivity index (χ0) is 21.6. The molecule has 0 bridgehead atoms. The molecule has 2 heterocycles. The predicted octanol–water partition coefficient (Wildman–Crippen LogP) is 2.79. The van der Waals surface area contributed by atoms with E-state index in [0.29, 0.717) is 6.54 Å². The summed E-state index contributed by atoms with van der Waals surface area (Å²) in [5.41, 5.74) is -0.174. The van der Waals surface area contributed by atoms with Crippen molar-refractivity contribution >= 4 is 24.0 Å². The Morgan fingerprint density at radius 2 is 1.43 bits per heavy atom. The first kappa shape index (κ1) is 21.4. The minimum Gasteiger partial charge on any atom is -0.337 e. The van der Waals surface area contributed by atoms with Gasteiger partial charge in [-0.2, -0.15) is 0 Å². The van der Waals surface area contributed by atoms with Crippen molar-refractivity contribution in [1.29, 1.82) is 0 Å². The van der Waals surface area contributed by atoms with Gasteiger partial charge in [0.1, 0.15) is 0 Å². The molecule has 10 nitrogen and oxygen atoms in total. The summed E-state index contributed by atoms with van der Waals surface area (Å²) in [5, 5.41) is 11.2. The van der Waals surface area contributed by atoms with Gasteiger partial charge in [0.15, 0.2) is 0 Å². The van der Waals surface area contributed by atoms with Gasteiger partial charge in [-0.3, -0.25) is 10.6 Å². The highest BCUT2D eigenvalue weighted by atomic mass is 16.2. The summed E-state index contributed by atoms with van der Waals surface area (Å²) in [4.78, 5) is 40.6. The Bertz CT molecular complexity index is 862. The van der Waals surface area contributed by atoms with Crippen molar-refractivity contribution < 1.29 is 9.59 Å². The first-order valence-corrected chi connectivity index (χ1v) is 9.90. The summed E-state index contributed by atoms with van der Waals surface area (Å²) < 4.78 is 0. The maximum atomic E-state index is 12.4. The van der Waals surface area contributed by atoms with Crippen molar-refractivity contribution in [3.05, 3.63) is 36.9 Å². The lowest BCUT2D eigenvalue weighted by atomic mass is 9.62. The summed E-state index contributed by atoms with van der Waals surface area (Å²) in [6, 6.07) is 2.64. The van der Waals surface area contributed by atoms with Crippen molar-refractivity contribution in [2.45, 2.75) is 46.1 Å². The van der Waals surface area contributed by atoms with E-state index in [0.717, 1.165) is 19.3 Å². The Morgan fingerprint density at radius 3 is 2.00 bits per heavy atom. The highest BCUT2D eigenvalue weighted by Gasteiger charge is 2.41. The SMILES string of the molecule is CC1(C)C[C@H](NC(=O)Nc2ncccn2)C[C@](C)(CNC(=O)Nc2ncccn2)C1. The van der Waals surface area contributed by atoms with Gasteiger partial charge in [-0.05, 0) is 42.2 Å². The van der Waals surface area contributed by atoms with E-state index in [1.54, 1.807) is 36.9 Å². The molecule has 2 aromatic heterocycles.